The first-order valence-electron chi connectivity index (χ1n) is 9.02. The van der Waals surface area contributed by atoms with Crippen LogP contribution in [-0.4, -0.2) is 33.7 Å². The summed E-state index contributed by atoms with van der Waals surface area (Å²) in [5.74, 6) is 1.18. The van der Waals surface area contributed by atoms with Crippen molar-refractivity contribution in [3.8, 4) is 11.5 Å². The lowest BCUT2D eigenvalue weighted by atomic mass is 9.74. The van der Waals surface area contributed by atoms with E-state index in [9.17, 15) is 8.42 Å². The van der Waals surface area contributed by atoms with Crippen LogP contribution in [0.4, 0.5) is 0 Å². The van der Waals surface area contributed by atoms with Crippen molar-refractivity contribution in [2.75, 3.05) is 19.8 Å². The molecule has 7 heteroatoms. The molecular weight excluding hydrogens is 340 g/mol. The lowest BCUT2D eigenvalue weighted by molar-refractivity contribution is 0.191. The molecule has 2 rings (SSSR count). The highest BCUT2D eigenvalue weighted by Gasteiger charge is 2.40. The fourth-order valence-corrected chi connectivity index (χ4v) is 4.98. The third-order valence-electron chi connectivity index (χ3n) is 4.98. The van der Waals surface area contributed by atoms with Crippen LogP contribution >= 0.6 is 0 Å². The van der Waals surface area contributed by atoms with E-state index in [0.717, 1.165) is 25.7 Å². The molecule has 1 aliphatic carbocycles. The van der Waals surface area contributed by atoms with Gasteiger partial charge in [0.25, 0.3) is 0 Å². The van der Waals surface area contributed by atoms with E-state index in [1.54, 1.807) is 12.1 Å². The number of benzene rings is 1. The Bertz CT molecular complexity index is 678. The summed E-state index contributed by atoms with van der Waals surface area (Å²) in [4.78, 5) is 0.171. The first-order valence-corrected chi connectivity index (χ1v) is 10.5. The van der Waals surface area contributed by atoms with Crippen molar-refractivity contribution in [2.45, 2.75) is 56.9 Å². The maximum absolute atomic E-state index is 13.0. The fourth-order valence-electron chi connectivity index (χ4n) is 3.44. The van der Waals surface area contributed by atoms with Gasteiger partial charge in [-0.1, -0.05) is 19.8 Å². The van der Waals surface area contributed by atoms with Crippen molar-refractivity contribution in [3.63, 3.8) is 0 Å². The van der Waals surface area contributed by atoms with Gasteiger partial charge in [-0.3, -0.25) is 0 Å². The summed E-state index contributed by atoms with van der Waals surface area (Å²) in [5.41, 5.74) is 5.40. The van der Waals surface area contributed by atoms with Crippen LogP contribution in [0.25, 0.3) is 0 Å². The highest BCUT2D eigenvalue weighted by Crippen LogP contribution is 2.35. The Kier molecular flexibility index (Phi) is 6.71. The molecule has 0 bridgehead atoms. The molecule has 0 saturated heterocycles. The summed E-state index contributed by atoms with van der Waals surface area (Å²) < 4.78 is 39.9. The predicted molar refractivity (Wildman–Crippen MR) is 98.5 cm³/mol. The van der Waals surface area contributed by atoms with E-state index in [-0.39, 0.29) is 10.8 Å². The van der Waals surface area contributed by atoms with E-state index >= 15 is 0 Å². The molecule has 1 fully saturated rings. The van der Waals surface area contributed by atoms with Crippen LogP contribution in [0.3, 0.4) is 0 Å². The number of ether oxygens (including phenoxy) is 2. The van der Waals surface area contributed by atoms with Crippen LogP contribution < -0.4 is 19.9 Å². The van der Waals surface area contributed by atoms with Crippen LogP contribution in [0.2, 0.25) is 0 Å². The molecule has 0 spiro atoms. The first kappa shape index (κ1) is 20.0. The van der Waals surface area contributed by atoms with E-state index < -0.39 is 15.6 Å². The van der Waals surface area contributed by atoms with Crippen LogP contribution in [0, 0.1) is 5.92 Å². The Morgan fingerprint density at radius 2 is 1.88 bits per heavy atom. The minimum atomic E-state index is -3.70. The zero-order valence-electron chi connectivity index (χ0n) is 15.4. The van der Waals surface area contributed by atoms with Crippen molar-refractivity contribution in [2.24, 2.45) is 11.7 Å². The second-order valence-electron chi connectivity index (χ2n) is 6.59. The van der Waals surface area contributed by atoms with Gasteiger partial charge in [0.15, 0.2) is 11.5 Å². The van der Waals surface area contributed by atoms with E-state index in [0.29, 0.717) is 31.3 Å². The van der Waals surface area contributed by atoms with Crippen molar-refractivity contribution in [1.29, 1.82) is 0 Å². The van der Waals surface area contributed by atoms with E-state index in [1.165, 1.54) is 6.07 Å². The Balaban J connectivity index is 2.33. The molecule has 1 saturated carbocycles. The molecule has 1 aromatic rings. The number of nitrogens with one attached hydrogen (secondary N) is 1. The number of hydrogen-bond donors (Lipinski definition) is 2. The van der Waals surface area contributed by atoms with Crippen molar-refractivity contribution in [1.82, 2.24) is 4.72 Å². The van der Waals surface area contributed by atoms with E-state index in [1.807, 2.05) is 13.8 Å². The van der Waals surface area contributed by atoms with Gasteiger partial charge < -0.3 is 15.2 Å². The van der Waals surface area contributed by atoms with Gasteiger partial charge in [-0.05, 0) is 44.7 Å². The molecule has 2 atom stereocenters. The Morgan fingerprint density at radius 1 is 1.20 bits per heavy atom. The number of rotatable bonds is 8. The minimum absolute atomic E-state index is 0.171. The molecule has 1 aromatic carbocycles. The number of nitrogens with two attached hydrogens (primary N) is 1. The highest BCUT2D eigenvalue weighted by atomic mass is 32.2. The minimum Gasteiger partial charge on any atom is -0.490 e. The lowest BCUT2D eigenvalue weighted by Crippen LogP contribution is -2.58. The number of sulfonamides is 1. The molecule has 0 amide bonds. The summed E-state index contributed by atoms with van der Waals surface area (Å²) >= 11 is 0. The summed E-state index contributed by atoms with van der Waals surface area (Å²) in [7, 11) is -3.70. The smallest absolute Gasteiger partial charge is 0.241 e. The van der Waals surface area contributed by atoms with E-state index in [2.05, 4.69) is 11.6 Å². The Morgan fingerprint density at radius 3 is 2.48 bits per heavy atom. The molecule has 1 aliphatic rings. The maximum Gasteiger partial charge on any atom is 0.241 e. The lowest BCUT2D eigenvalue weighted by Gasteiger charge is -2.42. The van der Waals surface area contributed by atoms with Crippen LogP contribution in [0.1, 0.15) is 46.5 Å². The Labute approximate surface area is 151 Å². The zero-order chi connectivity index (χ0) is 18.5. The molecule has 2 unspecified atom stereocenters. The van der Waals surface area contributed by atoms with Gasteiger partial charge >= 0.3 is 0 Å². The summed E-state index contributed by atoms with van der Waals surface area (Å²) in [6.45, 7) is 7.00. The van der Waals surface area contributed by atoms with Gasteiger partial charge in [0.1, 0.15) is 0 Å². The third-order valence-corrected chi connectivity index (χ3v) is 6.53. The highest BCUT2D eigenvalue weighted by molar-refractivity contribution is 7.89. The summed E-state index contributed by atoms with van der Waals surface area (Å²) in [6, 6.07) is 4.71. The zero-order valence-corrected chi connectivity index (χ0v) is 16.2. The van der Waals surface area contributed by atoms with Crippen molar-refractivity contribution >= 4 is 10.0 Å². The van der Waals surface area contributed by atoms with Gasteiger partial charge in [-0.15, -0.1) is 0 Å². The first-order chi connectivity index (χ1) is 11.9. The second-order valence-corrected chi connectivity index (χ2v) is 8.27. The molecular formula is C18H30N2O4S. The largest absolute Gasteiger partial charge is 0.490 e. The summed E-state index contributed by atoms with van der Waals surface area (Å²) in [6.07, 6.45) is 3.84. The van der Waals surface area contributed by atoms with Crippen molar-refractivity contribution < 1.29 is 17.9 Å². The Hall–Kier alpha value is -1.31. The second kappa shape index (κ2) is 8.38. The van der Waals surface area contributed by atoms with Crippen LogP contribution in [-0.2, 0) is 10.0 Å². The van der Waals surface area contributed by atoms with Crippen molar-refractivity contribution in [3.05, 3.63) is 18.2 Å². The van der Waals surface area contributed by atoms with E-state index in [4.69, 9.17) is 15.2 Å². The molecule has 0 heterocycles. The molecule has 0 aromatic heterocycles. The normalized spacial score (nSPS) is 24.1. The third kappa shape index (κ3) is 4.46. The quantitative estimate of drug-likeness (QED) is 0.734. The number of hydrogen-bond acceptors (Lipinski definition) is 5. The van der Waals surface area contributed by atoms with Gasteiger partial charge in [0, 0.05) is 18.2 Å². The molecule has 25 heavy (non-hydrogen) atoms. The van der Waals surface area contributed by atoms with Crippen LogP contribution in [0.15, 0.2) is 23.1 Å². The average Bonchev–Trinajstić information content (AvgIpc) is 2.58. The molecule has 142 valence electrons. The average molecular weight is 371 g/mol. The van der Waals surface area contributed by atoms with Crippen LogP contribution in [0.5, 0.6) is 11.5 Å². The molecule has 6 nitrogen and oxygen atoms in total. The van der Waals surface area contributed by atoms with Gasteiger partial charge in [-0.2, -0.15) is 0 Å². The van der Waals surface area contributed by atoms with Gasteiger partial charge in [-0.25, -0.2) is 13.1 Å². The monoisotopic (exact) mass is 370 g/mol. The predicted octanol–water partition coefficient (Wildman–Crippen LogP) is 2.67. The maximum atomic E-state index is 13.0. The molecule has 3 N–H and O–H groups in total. The standard InChI is InChI=1S/C18H30N2O4S/c1-4-23-16-10-9-15(12-17(16)24-5-2)25(21,22)20-18(13-19)11-7-6-8-14(18)3/h9-10,12,14,20H,4-8,11,13,19H2,1-3H3. The topological polar surface area (TPSA) is 90.7 Å². The molecule has 0 radical (unpaired) electrons. The SMILES string of the molecule is CCOc1ccc(S(=O)(=O)NC2(CN)CCCCC2C)cc1OCC. The van der Waals surface area contributed by atoms with Gasteiger partial charge in [0.05, 0.1) is 18.1 Å². The molecule has 0 aliphatic heterocycles. The fraction of sp³-hybridized carbons (Fsp3) is 0.667. The van der Waals surface area contributed by atoms with Gasteiger partial charge in [0.2, 0.25) is 10.0 Å². The summed E-state index contributed by atoms with van der Waals surface area (Å²) in [5, 5.41) is 0.